The Bertz CT molecular complexity index is 622. The number of guanidine groups is 1. The van der Waals surface area contributed by atoms with Gasteiger partial charge < -0.3 is 15.4 Å². The SMILES string of the molecule is CN=C(NCCOc1cccnc1)NCCSc1ccc(Cl)cc1. The van der Waals surface area contributed by atoms with Crippen molar-refractivity contribution < 1.29 is 4.74 Å². The lowest BCUT2D eigenvalue weighted by molar-refractivity contribution is 0.320. The fraction of sp³-hybridized carbons (Fsp3) is 0.294. The summed E-state index contributed by atoms with van der Waals surface area (Å²) in [6.07, 6.45) is 3.42. The molecular formula is C17H21ClN4OS. The van der Waals surface area contributed by atoms with Crippen LogP contribution in [-0.4, -0.2) is 43.4 Å². The molecule has 0 amide bonds. The monoisotopic (exact) mass is 364 g/mol. The molecule has 0 bridgehead atoms. The van der Waals surface area contributed by atoms with Crippen LogP contribution in [0, 0.1) is 0 Å². The summed E-state index contributed by atoms with van der Waals surface area (Å²) in [6, 6.07) is 11.6. The van der Waals surface area contributed by atoms with Gasteiger partial charge in [0.25, 0.3) is 0 Å². The van der Waals surface area contributed by atoms with E-state index in [-0.39, 0.29) is 0 Å². The number of aliphatic imine (C=N–C) groups is 1. The lowest BCUT2D eigenvalue weighted by Gasteiger charge is -2.12. The highest BCUT2D eigenvalue weighted by atomic mass is 35.5. The molecular weight excluding hydrogens is 344 g/mol. The first-order chi connectivity index (χ1) is 11.8. The van der Waals surface area contributed by atoms with Crippen LogP contribution in [0.15, 0.2) is 58.7 Å². The highest BCUT2D eigenvalue weighted by Crippen LogP contribution is 2.19. The van der Waals surface area contributed by atoms with Crippen molar-refractivity contribution in [2.75, 3.05) is 32.5 Å². The number of pyridine rings is 1. The molecule has 1 aromatic heterocycles. The summed E-state index contributed by atoms with van der Waals surface area (Å²) in [7, 11) is 1.75. The third-order valence-electron chi connectivity index (χ3n) is 3.00. The number of hydrogen-bond acceptors (Lipinski definition) is 4. The van der Waals surface area contributed by atoms with Gasteiger partial charge in [-0.1, -0.05) is 11.6 Å². The van der Waals surface area contributed by atoms with Gasteiger partial charge in [-0.25, -0.2) is 0 Å². The van der Waals surface area contributed by atoms with E-state index in [0.717, 1.165) is 29.0 Å². The molecule has 0 radical (unpaired) electrons. The smallest absolute Gasteiger partial charge is 0.191 e. The molecule has 0 atom stereocenters. The molecule has 1 heterocycles. The van der Waals surface area contributed by atoms with E-state index in [2.05, 4.69) is 20.6 Å². The Kier molecular flexibility index (Phi) is 8.27. The Morgan fingerprint density at radius 3 is 2.71 bits per heavy atom. The third-order valence-corrected chi connectivity index (χ3v) is 4.26. The van der Waals surface area contributed by atoms with E-state index in [0.29, 0.717) is 13.2 Å². The van der Waals surface area contributed by atoms with Crippen molar-refractivity contribution in [3.63, 3.8) is 0 Å². The molecule has 5 nitrogen and oxygen atoms in total. The molecule has 0 aliphatic heterocycles. The maximum atomic E-state index is 5.87. The van der Waals surface area contributed by atoms with Crippen molar-refractivity contribution in [1.82, 2.24) is 15.6 Å². The molecule has 0 saturated heterocycles. The van der Waals surface area contributed by atoms with Crippen LogP contribution in [-0.2, 0) is 0 Å². The summed E-state index contributed by atoms with van der Waals surface area (Å²) < 4.78 is 5.57. The van der Waals surface area contributed by atoms with Crippen molar-refractivity contribution in [3.8, 4) is 5.75 Å². The largest absolute Gasteiger partial charge is 0.490 e. The minimum atomic E-state index is 0.548. The number of aromatic nitrogens is 1. The average molecular weight is 365 g/mol. The van der Waals surface area contributed by atoms with Crippen molar-refractivity contribution in [1.29, 1.82) is 0 Å². The zero-order chi connectivity index (χ0) is 17.0. The van der Waals surface area contributed by atoms with Crippen LogP contribution in [0.5, 0.6) is 5.75 Å². The van der Waals surface area contributed by atoms with E-state index >= 15 is 0 Å². The van der Waals surface area contributed by atoms with E-state index in [1.165, 1.54) is 4.90 Å². The van der Waals surface area contributed by atoms with E-state index < -0.39 is 0 Å². The lowest BCUT2D eigenvalue weighted by atomic mass is 10.4. The molecule has 0 saturated carbocycles. The Morgan fingerprint density at radius 1 is 1.21 bits per heavy atom. The van der Waals surface area contributed by atoms with Gasteiger partial charge in [0.1, 0.15) is 12.4 Å². The van der Waals surface area contributed by atoms with Crippen molar-refractivity contribution in [3.05, 3.63) is 53.8 Å². The Hall–Kier alpha value is -1.92. The van der Waals surface area contributed by atoms with Gasteiger partial charge in [0.15, 0.2) is 5.96 Å². The van der Waals surface area contributed by atoms with E-state index in [1.54, 1.807) is 31.2 Å². The standard InChI is InChI=1S/C17H21ClN4OS/c1-19-17(21-9-11-23-15-3-2-8-20-13-15)22-10-12-24-16-6-4-14(18)5-7-16/h2-8,13H,9-12H2,1H3,(H2,19,21,22). The lowest BCUT2D eigenvalue weighted by Crippen LogP contribution is -2.40. The number of rotatable bonds is 8. The Balaban J connectivity index is 1.57. The van der Waals surface area contributed by atoms with Crippen LogP contribution in [0.3, 0.4) is 0 Å². The first-order valence-electron chi connectivity index (χ1n) is 7.63. The van der Waals surface area contributed by atoms with Gasteiger partial charge in [-0.2, -0.15) is 0 Å². The summed E-state index contributed by atoms with van der Waals surface area (Å²) in [4.78, 5) is 9.39. The van der Waals surface area contributed by atoms with Crippen LogP contribution >= 0.6 is 23.4 Å². The van der Waals surface area contributed by atoms with Crippen LogP contribution in [0.1, 0.15) is 0 Å². The average Bonchev–Trinajstić information content (AvgIpc) is 2.62. The fourth-order valence-corrected chi connectivity index (χ4v) is 2.75. The molecule has 0 aliphatic carbocycles. The third kappa shape index (κ3) is 7.10. The van der Waals surface area contributed by atoms with E-state index in [9.17, 15) is 0 Å². The molecule has 24 heavy (non-hydrogen) atoms. The predicted octanol–water partition coefficient (Wildman–Crippen LogP) is 3.07. The summed E-state index contributed by atoms with van der Waals surface area (Å²) in [5.74, 6) is 2.47. The number of hydrogen-bond donors (Lipinski definition) is 2. The summed E-state index contributed by atoms with van der Waals surface area (Å²) in [5, 5.41) is 7.25. The van der Waals surface area contributed by atoms with Gasteiger partial charge in [0.05, 0.1) is 12.7 Å². The second kappa shape index (κ2) is 10.8. The Morgan fingerprint density at radius 2 is 2.00 bits per heavy atom. The zero-order valence-electron chi connectivity index (χ0n) is 13.5. The van der Waals surface area contributed by atoms with Gasteiger partial charge in [-0.15, -0.1) is 11.8 Å². The van der Waals surface area contributed by atoms with Gasteiger partial charge in [-0.05, 0) is 36.4 Å². The molecule has 0 fully saturated rings. The number of benzene rings is 1. The topological polar surface area (TPSA) is 58.5 Å². The van der Waals surface area contributed by atoms with E-state index in [4.69, 9.17) is 16.3 Å². The quantitative estimate of drug-likeness (QED) is 0.326. The molecule has 0 unspecified atom stereocenters. The second-order valence-corrected chi connectivity index (χ2v) is 6.37. The van der Waals surface area contributed by atoms with Gasteiger partial charge in [0, 0.05) is 35.5 Å². The van der Waals surface area contributed by atoms with Crippen LogP contribution < -0.4 is 15.4 Å². The number of nitrogens with one attached hydrogen (secondary N) is 2. The molecule has 128 valence electrons. The molecule has 0 spiro atoms. The normalized spacial score (nSPS) is 11.2. The Labute approximate surface area is 151 Å². The van der Waals surface area contributed by atoms with Crippen LogP contribution in [0.4, 0.5) is 0 Å². The number of halogens is 1. The van der Waals surface area contributed by atoms with Gasteiger partial charge >= 0.3 is 0 Å². The first kappa shape index (κ1) is 18.4. The zero-order valence-corrected chi connectivity index (χ0v) is 15.1. The highest BCUT2D eigenvalue weighted by molar-refractivity contribution is 7.99. The van der Waals surface area contributed by atoms with Gasteiger partial charge in [0.2, 0.25) is 0 Å². The minimum Gasteiger partial charge on any atom is -0.490 e. The number of nitrogens with zero attached hydrogens (tertiary/aromatic N) is 2. The fourth-order valence-electron chi connectivity index (χ4n) is 1.86. The van der Waals surface area contributed by atoms with E-state index in [1.807, 2.05) is 36.4 Å². The summed E-state index contributed by atoms with van der Waals surface area (Å²) >= 11 is 7.65. The van der Waals surface area contributed by atoms with Crippen molar-refractivity contribution in [2.24, 2.45) is 4.99 Å². The highest BCUT2D eigenvalue weighted by Gasteiger charge is 1.99. The maximum Gasteiger partial charge on any atom is 0.191 e. The molecule has 1 aromatic carbocycles. The molecule has 2 aromatic rings. The predicted molar refractivity (Wildman–Crippen MR) is 101 cm³/mol. The number of ether oxygens (including phenoxy) is 1. The van der Waals surface area contributed by atoms with Gasteiger partial charge in [-0.3, -0.25) is 9.98 Å². The van der Waals surface area contributed by atoms with Crippen LogP contribution in [0.25, 0.3) is 0 Å². The molecule has 7 heteroatoms. The summed E-state index contributed by atoms with van der Waals surface area (Å²) in [6.45, 7) is 2.03. The number of thioether (sulfide) groups is 1. The van der Waals surface area contributed by atoms with Crippen molar-refractivity contribution >= 4 is 29.3 Å². The van der Waals surface area contributed by atoms with Crippen LogP contribution in [0.2, 0.25) is 5.02 Å². The first-order valence-corrected chi connectivity index (χ1v) is 9.00. The summed E-state index contributed by atoms with van der Waals surface area (Å²) in [5.41, 5.74) is 0. The van der Waals surface area contributed by atoms with Crippen molar-refractivity contribution in [2.45, 2.75) is 4.90 Å². The molecule has 2 N–H and O–H groups in total. The second-order valence-electron chi connectivity index (χ2n) is 4.77. The molecule has 2 rings (SSSR count). The maximum absolute atomic E-state index is 5.87. The molecule has 0 aliphatic rings. The minimum absolute atomic E-state index is 0.548.